The van der Waals surface area contributed by atoms with Crippen LogP contribution < -0.4 is 15.8 Å². The van der Waals surface area contributed by atoms with E-state index in [1.54, 1.807) is 7.11 Å². The van der Waals surface area contributed by atoms with Crippen molar-refractivity contribution >= 4 is 11.6 Å². The number of amides is 1. The van der Waals surface area contributed by atoms with Crippen molar-refractivity contribution in [2.24, 2.45) is 5.73 Å². The van der Waals surface area contributed by atoms with Crippen molar-refractivity contribution in [3.05, 3.63) is 24.3 Å². The molecule has 3 N–H and O–H groups in total. The highest BCUT2D eigenvalue weighted by Gasteiger charge is 2.26. The van der Waals surface area contributed by atoms with Crippen LogP contribution in [-0.2, 0) is 4.79 Å². The first-order valence-electron chi connectivity index (χ1n) is 7.50. The van der Waals surface area contributed by atoms with Gasteiger partial charge in [0.15, 0.2) is 0 Å². The van der Waals surface area contributed by atoms with E-state index in [0.29, 0.717) is 24.0 Å². The normalized spacial score (nSPS) is 22.1. The highest BCUT2D eigenvalue weighted by atomic mass is 16.5. The predicted molar refractivity (Wildman–Crippen MR) is 84.5 cm³/mol. The van der Waals surface area contributed by atoms with Crippen molar-refractivity contribution < 1.29 is 9.53 Å². The molecule has 2 rings (SSSR count). The summed E-state index contributed by atoms with van der Waals surface area (Å²) in [6.07, 6.45) is 4.50. The fourth-order valence-electron chi connectivity index (χ4n) is 2.97. The number of para-hydroxylation sites is 2. The molecule has 5 nitrogen and oxygen atoms in total. The fourth-order valence-corrected chi connectivity index (χ4v) is 2.97. The Morgan fingerprint density at radius 3 is 2.81 bits per heavy atom. The SMILES string of the molecule is COc1ccccc1NC(=O)CN(C)C1CCCCC1N. The highest BCUT2D eigenvalue weighted by Crippen LogP contribution is 2.24. The van der Waals surface area contributed by atoms with Crippen LogP contribution in [0.5, 0.6) is 5.75 Å². The molecule has 1 aliphatic rings. The van der Waals surface area contributed by atoms with Gasteiger partial charge in [0.25, 0.3) is 0 Å². The number of methoxy groups -OCH3 is 1. The number of benzene rings is 1. The molecule has 21 heavy (non-hydrogen) atoms. The number of ether oxygens (including phenoxy) is 1. The Morgan fingerprint density at radius 1 is 1.38 bits per heavy atom. The minimum Gasteiger partial charge on any atom is -0.495 e. The summed E-state index contributed by atoms with van der Waals surface area (Å²) in [5, 5.41) is 2.90. The quantitative estimate of drug-likeness (QED) is 0.868. The number of hydrogen-bond donors (Lipinski definition) is 2. The second-order valence-electron chi connectivity index (χ2n) is 5.68. The molecule has 0 bridgehead atoms. The number of rotatable bonds is 5. The molecule has 1 aromatic carbocycles. The van der Waals surface area contributed by atoms with E-state index in [-0.39, 0.29) is 11.9 Å². The summed E-state index contributed by atoms with van der Waals surface area (Å²) in [5.41, 5.74) is 6.86. The van der Waals surface area contributed by atoms with E-state index in [4.69, 9.17) is 10.5 Å². The first-order valence-corrected chi connectivity index (χ1v) is 7.50. The van der Waals surface area contributed by atoms with Gasteiger partial charge in [-0.25, -0.2) is 0 Å². The molecule has 0 aliphatic heterocycles. The van der Waals surface area contributed by atoms with Crippen LogP contribution in [0.2, 0.25) is 0 Å². The van der Waals surface area contributed by atoms with E-state index < -0.39 is 0 Å². The van der Waals surface area contributed by atoms with Gasteiger partial charge in [-0.3, -0.25) is 9.69 Å². The molecular formula is C16H25N3O2. The second-order valence-corrected chi connectivity index (χ2v) is 5.68. The van der Waals surface area contributed by atoms with E-state index in [1.807, 2.05) is 31.3 Å². The number of hydrogen-bond acceptors (Lipinski definition) is 4. The molecule has 0 spiro atoms. The summed E-state index contributed by atoms with van der Waals surface area (Å²) in [6.45, 7) is 0.344. The Morgan fingerprint density at radius 2 is 2.10 bits per heavy atom. The van der Waals surface area contributed by atoms with Crippen LogP contribution in [0.25, 0.3) is 0 Å². The van der Waals surface area contributed by atoms with E-state index in [2.05, 4.69) is 10.2 Å². The fraction of sp³-hybridized carbons (Fsp3) is 0.562. The Labute approximate surface area is 126 Å². The molecule has 2 unspecified atom stereocenters. The van der Waals surface area contributed by atoms with Gasteiger partial charge in [0.2, 0.25) is 5.91 Å². The van der Waals surface area contributed by atoms with Gasteiger partial charge >= 0.3 is 0 Å². The van der Waals surface area contributed by atoms with Crippen LogP contribution >= 0.6 is 0 Å². The Bertz CT molecular complexity index is 478. The number of carbonyl (C=O) groups excluding carboxylic acids is 1. The number of likely N-dealkylation sites (N-methyl/N-ethyl adjacent to an activating group) is 1. The lowest BCUT2D eigenvalue weighted by atomic mass is 9.90. The molecule has 1 fully saturated rings. The highest BCUT2D eigenvalue weighted by molar-refractivity contribution is 5.93. The third-order valence-corrected chi connectivity index (χ3v) is 4.12. The lowest BCUT2D eigenvalue weighted by molar-refractivity contribution is -0.117. The maximum Gasteiger partial charge on any atom is 0.238 e. The zero-order valence-electron chi connectivity index (χ0n) is 12.8. The van der Waals surface area contributed by atoms with E-state index in [9.17, 15) is 4.79 Å². The maximum absolute atomic E-state index is 12.2. The van der Waals surface area contributed by atoms with Crippen molar-refractivity contribution in [3.8, 4) is 5.75 Å². The summed E-state index contributed by atoms with van der Waals surface area (Å²) in [4.78, 5) is 14.3. The topological polar surface area (TPSA) is 67.6 Å². The van der Waals surface area contributed by atoms with Gasteiger partial charge in [0.1, 0.15) is 5.75 Å². The summed E-state index contributed by atoms with van der Waals surface area (Å²) in [7, 11) is 3.57. The lowest BCUT2D eigenvalue weighted by Gasteiger charge is -2.35. The van der Waals surface area contributed by atoms with Crippen LogP contribution in [0.1, 0.15) is 25.7 Å². The van der Waals surface area contributed by atoms with Crippen LogP contribution in [0.15, 0.2) is 24.3 Å². The van der Waals surface area contributed by atoms with Gasteiger partial charge in [0.05, 0.1) is 19.3 Å². The maximum atomic E-state index is 12.2. The van der Waals surface area contributed by atoms with Crippen molar-refractivity contribution in [3.63, 3.8) is 0 Å². The van der Waals surface area contributed by atoms with E-state index in [1.165, 1.54) is 12.8 Å². The molecule has 0 aromatic heterocycles. The number of nitrogens with one attached hydrogen (secondary N) is 1. The standard InChI is InChI=1S/C16H25N3O2/c1-19(14-9-5-3-7-12(14)17)11-16(20)18-13-8-4-6-10-15(13)21-2/h4,6,8,10,12,14H,3,5,7,9,11,17H2,1-2H3,(H,18,20). The monoisotopic (exact) mass is 291 g/mol. The molecule has 0 radical (unpaired) electrons. The number of carbonyl (C=O) groups is 1. The summed E-state index contributed by atoms with van der Waals surface area (Å²) in [5.74, 6) is 0.627. The first-order chi connectivity index (χ1) is 10.1. The minimum atomic E-state index is -0.0419. The molecular weight excluding hydrogens is 266 g/mol. The van der Waals surface area contributed by atoms with Gasteiger partial charge in [-0.1, -0.05) is 25.0 Å². The van der Waals surface area contributed by atoms with Crippen LogP contribution in [0.3, 0.4) is 0 Å². The molecule has 1 amide bonds. The predicted octanol–water partition coefficient (Wildman–Crippen LogP) is 1.84. The molecule has 0 saturated heterocycles. The number of nitrogens with zero attached hydrogens (tertiary/aromatic N) is 1. The van der Waals surface area contributed by atoms with Crippen LogP contribution in [0, 0.1) is 0 Å². The van der Waals surface area contributed by atoms with E-state index >= 15 is 0 Å². The molecule has 2 atom stereocenters. The summed E-state index contributed by atoms with van der Waals surface area (Å²) in [6, 6.07) is 7.88. The average Bonchev–Trinajstić information content (AvgIpc) is 2.48. The number of nitrogens with two attached hydrogens (primary N) is 1. The molecule has 0 heterocycles. The minimum absolute atomic E-state index is 0.0419. The molecule has 1 saturated carbocycles. The largest absolute Gasteiger partial charge is 0.495 e. The smallest absolute Gasteiger partial charge is 0.238 e. The van der Waals surface area contributed by atoms with Crippen molar-refractivity contribution in [1.82, 2.24) is 4.90 Å². The second kappa shape index (κ2) is 7.43. The molecule has 5 heteroatoms. The Kier molecular flexibility index (Phi) is 5.59. The average molecular weight is 291 g/mol. The Balaban J connectivity index is 1.91. The zero-order chi connectivity index (χ0) is 15.2. The van der Waals surface area contributed by atoms with Crippen molar-refractivity contribution in [2.45, 2.75) is 37.8 Å². The van der Waals surface area contributed by atoms with Gasteiger partial charge < -0.3 is 15.8 Å². The molecule has 116 valence electrons. The van der Waals surface area contributed by atoms with Gasteiger partial charge in [-0.2, -0.15) is 0 Å². The lowest BCUT2D eigenvalue weighted by Crippen LogP contribution is -2.50. The van der Waals surface area contributed by atoms with Crippen LogP contribution in [-0.4, -0.2) is 43.6 Å². The third-order valence-electron chi connectivity index (χ3n) is 4.12. The number of anilines is 1. The first kappa shape index (κ1) is 15.8. The zero-order valence-corrected chi connectivity index (χ0v) is 12.8. The summed E-state index contributed by atoms with van der Waals surface area (Å²) < 4.78 is 5.24. The molecule has 1 aliphatic carbocycles. The van der Waals surface area contributed by atoms with Crippen molar-refractivity contribution in [1.29, 1.82) is 0 Å². The summed E-state index contributed by atoms with van der Waals surface area (Å²) >= 11 is 0. The molecule has 1 aromatic rings. The van der Waals surface area contributed by atoms with E-state index in [0.717, 1.165) is 12.8 Å². The van der Waals surface area contributed by atoms with Gasteiger partial charge in [0, 0.05) is 12.1 Å². The Hall–Kier alpha value is -1.59. The van der Waals surface area contributed by atoms with Gasteiger partial charge in [-0.15, -0.1) is 0 Å². The van der Waals surface area contributed by atoms with Gasteiger partial charge in [-0.05, 0) is 32.0 Å². The third kappa shape index (κ3) is 4.19. The van der Waals surface area contributed by atoms with Crippen molar-refractivity contribution in [2.75, 3.05) is 26.0 Å². The van der Waals surface area contributed by atoms with Crippen LogP contribution in [0.4, 0.5) is 5.69 Å².